The molecule has 0 radical (unpaired) electrons. The second kappa shape index (κ2) is 6.37. The average molecular weight is 438 g/mol. The lowest BCUT2D eigenvalue weighted by atomic mass is 9.92. The third-order valence-corrected chi connectivity index (χ3v) is 6.41. The Labute approximate surface area is 172 Å². The number of benzene rings is 1. The highest BCUT2D eigenvalue weighted by Gasteiger charge is 2.59. The minimum Gasteiger partial charge on any atom is -0.483 e. The molecule has 10 heteroatoms. The molecule has 0 aliphatic carbocycles. The standard InChI is InChI=1S/C20H14F4N2O3S/c1-28-15-8-6-13-17(25-15)19(21)16-11(3-2-4-12(16)30-13)26(18(19)27)9-10-5-7-14(29-10)20(22,23)24/h2-6,8,14H,7,9H2,1H3. The van der Waals surface area contributed by atoms with E-state index in [2.05, 4.69) is 4.98 Å². The molecule has 30 heavy (non-hydrogen) atoms. The Hall–Kier alpha value is -2.75. The summed E-state index contributed by atoms with van der Waals surface area (Å²) >= 11 is 1.28. The molecular formula is C20H14F4N2O3S. The summed E-state index contributed by atoms with van der Waals surface area (Å²) in [5.41, 5.74) is -2.18. The summed E-state index contributed by atoms with van der Waals surface area (Å²) < 4.78 is 65.3. The molecule has 0 bridgehead atoms. The Kier molecular flexibility index (Phi) is 4.08. The molecule has 0 saturated heterocycles. The molecule has 2 aromatic rings. The minimum atomic E-state index is -4.51. The van der Waals surface area contributed by atoms with E-state index in [1.165, 1.54) is 24.9 Å². The number of halogens is 4. The number of hydrogen-bond acceptors (Lipinski definition) is 5. The fourth-order valence-electron chi connectivity index (χ4n) is 3.92. The normalized spacial score (nSPS) is 24.3. The average Bonchev–Trinajstić information content (AvgIpc) is 3.27. The molecular weight excluding hydrogens is 424 g/mol. The van der Waals surface area contributed by atoms with Crippen molar-refractivity contribution < 1.29 is 31.8 Å². The molecule has 1 aromatic heterocycles. The molecule has 3 aliphatic rings. The van der Waals surface area contributed by atoms with Crippen molar-refractivity contribution in [2.45, 2.75) is 34.2 Å². The van der Waals surface area contributed by atoms with Crippen molar-refractivity contribution in [1.29, 1.82) is 0 Å². The van der Waals surface area contributed by atoms with E-state index < -0.39 is 23.9 Å². The van der Waals surface area contributed by atoms with E-state index in [4.69, 9.17) is 9.47 Å². The van der Waals surface area contributed by atoms with Crippen molar-refractivity contribution in [1.82, 2.24) is 4.98 Å². The maximum absolute atomic E-state index is 16.5. The van der Waals surface area contributed by atoms with Crippen LogP contribution >= 0.6 is 11.8 Å². The van der Waals surface area contributed by atoms with Crippen LogP contribution in [0.1, 0.15) is 17.7 Å². The number of carbonyl (C=O) groups is 1. The van der Waals surface area contributed by atoms with Crippen LogP contribution in [0, 0.1) is 0 Å². The number of alkyl halides is 4. The predicted molar refractivity (Wildman–Crippen MR) is 99.2 cm³/mol. The van der Waals surface area contributed by atoms with Crippen LogP contribution in [-0.2, 0) is 15.2 Å². The summed E-state index contributed by atoms with van der Waals surface area (Å²) in [6.45, 7) is -0.294. The van der Waals surface area contributed by atoms with Gasteiger partial charge in [-0.05, 0) is 24.3 Å². The number of methoxy groups -OCH3 is 1. The van der Waals surface area contributed by atoms with Gasteiger partial charge >= 0.3 is 6.18 Å². The van der Waals surface area contributed by atoms with E-state index in [1.807, 2.05) is 0 Å². The number of nitrogens with zero attached hydrogens (tertiary/aromatic N) is 2. The summed E-state index contributed by atoms with van der Waals surface area (Å²) in [6, 6.07) is 8.16. The molecule has 1 amide bonds. The number of anilines is 1. The molecule has 4 heterocycles. The summed E-state index contributed by atoms with van der Waals surface area (Å²) in [5.74, 6) is -0.766. The van der Waals surface area contributed by atoms with Crippen LogP contribution in [0.25, 0.3) is 0 Å². The highest BCUT2D eigenvalue weighted by Crippen LogP contribution is 2.57. The first-order chi connectivity index (χ1) is 14.2. The van der Waals surface area contributed by atoms with Gasteiger partial charge in [-0.3, -0.25) is 4.79 Å². The molecule has 5 nitrogen and oxygen atoms in total. The van der Waals surface area contributed by atoms with E-state index in [-0.39, 0.29) is 35.9 Å². The van der Waals surface area contributed by atoms with Crippen molar-refractivity contribution in [3.63, 3.8) is 0 Å². The molecule has 1 aromatic carbocycles. The van der Waals surface area contributed by atoms with Crippen LogP contribution in [0.2, 0.25) is 0 Å². The fourth-order valence-corrected chi connectivity index (χ4v) is 5.07. The smallest absolute Gasteiger partial charge is 0.425 e. The van der Waals surface area contributed by atoms with Gasteiger partial charge in [0.25, 0.3) is 11.6 Å². The molecule has 3 aliphatic heterocycles. The Morgan fingerprint density at radius 3 is 2.80 bits per heavy atom. The molecule has 0 saturated carbocycles. The Morgan fingerprint density at radius 1 is 1.30 bits per heavy atom. The highest BCUT2D eigenvalue weighted by molar-refractivity contribution is 7.99. The van der Waals surface area contributed by atoms with E-state index >= 15 is 4.39 Å². The lowest BCUT2D eigenvalue weighted by Gasteiger charge is -2.27. The van der Waals surface area contributed by atoms with E-state index in [0.717, 1.165) is 4.90 Å². The van der Waals surface area contributed by atoms with E-state index in [9.17, 15) is 18.0 Å². The van der Waals surface area contributed by atoms with Crippen LogP contribution < -0.4 is 9.64 Å². The zero-order valence-corrected chi connectivity index (χ0v) is 16.3. The monoisotopic (exact) mass is 438 g/mol. The molecule has 0 N–H and O–H groups in total. The van der Waals surface area contributed by atoms with Gasteiger partial charge in [0.1, 0.15) is 11.5 Å². The first-order valence-corrected chi connectivity index (χ1v) is 9.85. The van der Waals surface area contributed by atoms with E-state index in [1.54, 1.807) is 30.3 Å². The van der Waals surface area contributed by atoms with E-state index in [0.29, 0.717) is 15.5 Å². The van der Waals surface area contributed by atoms with Gasteiger partial charge in [-0.1, -0.05) is 17.8 Å². The third-order valence-electron chi connectivity index (χ3n) is 5.30. The van der Waals surface area contributed by atoms with Crippen LogP contribution in [0.4, 0.5) is 23.2 Å². The highest BCUT2D eigenvalue weighted by atomic mass is 32.2. The van der Waals surface area contributed by atoms with Gasteiger partial charge in [-0.2, -0.15) is 13.2 Å². The second-order valence-electron chi connectivity index (χ2n) is 7.06. The lowest BCUT2D eigenvalue weighted by Crippen LogP contribution is -2.41. The lowest BCUT2D eigenvalue weighted by molar-refractivity contribution is -0.202. The van der Waals surface area contributed by atoms with Gasteiger partial charge in [-0.15, -0.1) is 0 Å². The number of amides is 1. The minimum absolute atomic E-state index is 0.0167. The topological polar surface area (TPSA) is 51.7 Å². The number of ether oxygens (including phenoxy) is 2. The number of hydrogen-bond donors (Lipinski definition) is 0. The fraction of sp³-hybridized carbons (Fsp3) is 0.300. The summed E-state index contributed by atoms with van der Waals surface area (Å²) in [4.78, 5) is 19.6. The molecule has 0 spiro atoms. The number of carbonyl (C=O) groups excluding carboxylic acids is 1. The number of aromatic nitrogens is 1. The van der Waals surface area contributed by atoms with Crippen molar-refractivity contribution in [2.75, 3.05) is 18.6 Å². The van der Waals surface area contributed by atoms with Gasteiger partial charge in [-0.25, -0.2) is 9.37 Å². The zero-order chi connectivity index (χ0) is 21.3. The van der Waals surface area contributed by atoms with Crippen molar-refractivity contribution in [3.8, 4) is 5.88 Å². The molecule has 156 valence electrons. The molecule has 5 rings (SSSR count). The Morgan fingerprint density at radius 2 is 2.10 bits per heavy atom. The SMILES string of the molecule is COc1ccc2c(n1)C1(F)C(=O)N(CC3=CCC(C(F)(F)F)O3)c3cccc(c31)S2. The van der Waals surface area contributed by atoms with Crippen LogP contribution in [0.5, 0.6) is 5.88 Å². The van der Waals surface area contributed by atoms with Crippen molar-refractivity contribution in [2.24, 2.45) is 0 Å². The molecule has 2 atom stereocenters. The maximum atomic E-state index is 16.5. The first kappa shape index (κ1) is 19.2. The summed E-state index contributed by atoms with van der Waals surface area (Å²) in [5, 5.41) is 0. The third kappa shape index (κ3) is 2.62. The largest absolute Gasteiger partial charge is 0.483 e. The first-order valence-electron chi connectivity index (χ1n) is 9.03. The number of rotatable bonds is 3. The Balaban J connectivity index is 1.55. The van der Waals surface area contributed by atoms with Crippen LogP contribution in [0.15, 0.2) is 52.0 Å². The number of pyridine rings is 1. The Bertz CT molecular complexity index is 1100. The van der Waals surface area contributed by atoms with Crippen LogP contribution in [0.3, 0.4) is 0 Å². The van der Waals surface area contributed by atoms with Gasteiger partial charge in [0.15, 0.2) is 6.10 Å². The number of fused-ring (bicyclic) bond motifs is 2. The summed E-state index contributed by atoms with van der Waals surface area (Å²) in [6.07, 6.45) is -5.52. The van der Waals surface area contributed by atoms with Crippen LogP contribution in [-0.4, -0.2) is 36.8 Å². The zero-order valence-electron chi connectivity index (χ0n) is 15.5. The quantitative estimate of drug-likeness (QED) is 0.667. The summed E-state index contributed by atoms with van der Waals surface area (Å²) in [7, 11) is 1.39. The van der Waals surface area contributed by atoms with Gasteiger partial charge in [0, 0.05) is 27.8 Å². The molecule has 0 fully saturated rings. The second-order valence-corrected chi connectivity index (χ2v) is 8.14. The van der Waals surface area contributed by atoms with Gasteiger partial charge in [0.05, 0.1) is 19.3 Å². The van der Waals surface area contributed by atoms with Gasteiger partial charge in [0.2, 0.25) is 5.88 Å². The molecule has 2 unspecified atom stereocenters. The van der Waals surface area contributed by atoms with Crippen molar-refractivity contribution >= 4 is 23.4 Å². The van der Waals surface area contributed by atoms with Crippen molar-refractivity contribution in [3.05, 3.63) is 53.4 Å². The predicted octanol–water partition coefficient (Wildman–Crippen LogP) is 4.35. The van der Waals surface area contributed by atoms with Gasteiger partial charge < -0.3 is 14.4 Å². The maximum Gasteiger partial charge on any atom is 0.425 e.